The van der Waals surface area contributed by atoms with Crippen molar-refractivity contribution in [2.24, 2.45) is 10.7 Å². The highest BCUT2D eigenvalue weighted by Crippen LogP contribution is 2.11. The summed E-state index contributed by atoms with van der Waals surface area (Å²) in [4.78, 5) is 4.18. The average molecular weight is 252 g/mol. The maximum Gasteiger partial charge on any atom is 0.0864 e. The maximum atomic E-state index is 5.77. The van der Waals surface area contributed by atoms with E-state index in [1.54, 1.807) is 18.6 Å². The van der Waals surface area contributed by atoms with Gasteiger partial charge in [-0.05, 0) is 12.5 Å². The van der Waals surface area contributed by atoms with Gasteiger partial charge in [0, 0.05) is 35.3 Å². The van der Waals surface area contributed by atoms with Crippen molar-refractivity contribution in [2.45, 2.75) is 13.3 Å². The van der Waals surface area contributed by atoms with Crippen LogP contribution < -0.4 is 16.3 Å². The number of hydrogen-bond donors (Lipinski definition) is 1. The highest BCUT2D eigenvalue weighted by Gasteiger charge is 2.05. The normalized spacial score (nSPS) is 16.4. The predicted molar refractivity (Wildman–Crippen MR) is 79.4 cm³/mol. The van der Waals surface area contributed by atoms with Gasteiger partial charge >= 0.3 is 0 Å². The molecule has 2 heterocycles. The van der Waals surface area contributed by atoms with E-state index in [9.17, 15) is 0 Å². The first-order valence-corrected chi connectivity index (χ1v) is 6.04. The van der Waals surface area contributed by atoms with Crippen molar-refractivity contribution in [1.29, 1.82) is 0 Å². The highest BCUT2D eigenvalue weighted by molar-refractivity contribution is 6.10. The number of nitrogens with zero attached hydrogens (tertiary/aromatic N) is 3. The van der Waals surface area contributed by atoms with E-state index in [0.29, 0.717) is 11.8 Å². The van der Waals surface area contributed by atoms with Crippen LogP contribution in [0.2, 0.25) is 0 Å². The lowest BCUT2D eigenvalue weighted by Crippen LogP contribution is -2.31. The lowest BCUT2D eigenvalue weighted by atomic mass is 10.1. The Bertz CT molecular complexity index is 693. The average Bonchev–Trinajstić information content (AvgIpc) is 2.62. The third kappa shape index (κ3) is 3.04. The molecule has 96 valence electrons. The summed E-state index contributed by atoms with van der Waals surface area (Å²) < 4.78 is 0. The SMILES string of the molecule is C=c1nncc(C2=CCC(N)=CN=C2)/c1=C/C=C\C. The molecule has 4 nitrogen and oxygen atoms in total. The zero-order valence-electron chi connectivity index (χ0n) is 10.9. The van der Waals surface area contributed by atoms with E-state index in [-0.39, 0.29) is 0 Å². The predicted octanol–water partition coefficient (Wildman–Crippen LogP) is 0.902. The molecule has 0 bridgehead atoms. The zero-order valence-corrected chi connectivity index (χ0v) is 10.9. The molecule has 0 amide bonds. The Morgan fingerprint density at radius 2 is 2.26 bits per heavy atom. The van der Waals surface area contributed by atoms with Gasteiger partial charge in [-0.1, -0.05) is 30.9 Å². The van der Waals surface area contributed by atoms with Gasteiger partial charge in [0.05, 0.1) is 11.5 Å². The van der Waals surface area contributed by atoms with Gasteiger partial charge in [-0.2, -0.15) is 10.2 Å². The van der Waals surface area contributed by atoms with Crippen LogP contribution >= 0.6 is 0 Å². The summed E-state index contributed by atoms with van der Waals surface area (Å²) in [5.41, 5.74) is 8.45. The molecular formula is C15H16N4. The van der Waals surface area contributed by atoms with Crippen LogP contribution in [0, 0.1) is 0 Å². The van der Waals surface area contributed by atoms with E-state index in [2.05, 4.69) is 21.8 Å². The zero-order chi connectivity index (χ0) is 13.7. The second-order valence-electron chi connectivity index (χ2n) is 4.16. The van der Waals surface area contributed by atoms with Gasteiger partial charge in [0.2, 0.25) is 0 Å². The van der Waals surface area contributed by atoms with Gasteiger partial charge in [0.1, 0.15) is 0 Å². The lowest BCUT2D eigenvalue weighted by Gasteiger charge is -2.02. The molecule has 0 fully saturated rings. The summed E-state index contributed by atoms with van der Waals surface area (Å²) in [6.07, 6.45) is 13.8. The molecule has 0 atom stereocenters. The molecule has 1 aromatic rings. The van der Waals surface area contributed by atoms with E-state index in [1.165, 1.54) is 0 Å². The van der Waals surface area contributed by atoms with E-state index >= 15 is 0 Å². The summed E-state index contributed by atoms with van der Waals surface area (Å²) in [6.45, 7) is 5.88. The third-order valence-electron chi connectivity index (χ3n) is 2.74. The number of aliphatic imine (C=N–C) groups is 1. The molecule has 1 aromatic heterocycles. The Labute approximate surface area is 112 Å². The number of nitrogens with two attached hydrogens (primary N) is 1. The van der Waals surface area contributed by atoms with E-state index in [4.69, 9.17) is 5.73 Å². The number of aromatic nitrogens is 2. The minimum atomic E-state index is 0.648. The summed E-state index contributed by atoms with van der Waals surface area (Å²) >= 11 is 0. The van der Waals surface area contributed by atoms with Crippen molar-refractivity contribution in [3.8, 4) is 0 Å². The minimum absolute atomic E-state index is 0.648. The maximum absolute atomic E-state index is 5.77. The number of allylic oxidation sites excluding steroid dienone is 4. The van der Waals surface area contributed by atoms with Gasteiger partial charge in [-0.15, -0.1) is 0 Å². The van der Waals surface area contributed by atoms with E-state index in [1.807, 2.05) is 31.2 Å². The molecule has 1 aliphatic rings. The van der Waals surface area contributed by atoms with Crippen LogP contribution in [0.15, 0.2) is 41.3 Å². The van der Waals surface area contributed by atoms with Crippen LogP contribution in [0.4, 0.5) is 0 Å². The fourth-order valence-corrected chi connectivity index (χ4v) is 1.77. The van der Waals surface area contributed by atoms with Crippen molar-refractivity contribution >= 4 is 24.4 Å². The first-order chi connectivity index (χ1) is 9.22. The van der Waals surface area contributed by atoms with Crippen LogP contribution in [0.5, 0.6) is 0 Å². The number of rotatable bonds is 2. The Balaban J connectivity index is 2.59. The quantitative estimate of drug-likeness (QED) is 0.850. The van der Waals surface area contributed by atoms with Crippen LogP contribution in [0.25, 0.3) is 18.2 Å². The number of hydrogen-bond acceptors (Lipinski definition) is 4. The Morgan fingerprint density at radius 1 is 1.42 bits per heavy atom. The third-order valence-corrected chi connectivity index (χ3v) is 2.74. The molecule has 0 aliphatic carbocycles. The van der Waals surface area contributed by atoms with E-state index in [0.717, 1.165) is 22.1 Å². The molecule has 0 spiro atoms. The van der Waals surface area contributed by atoms with Crippen molar-refractivity contribution < 1.29 is 0 Å². The summed E-state index contributed by atoms with van der Waals surface area (Å²) in [6, 6.07) is 0. The van der Waals surface area contributed by atoms with Crippen molar-refractivity contribution in [1.82, 2.24) is 10.2 Å². The van der Waals surface area contributed by atoms with E-state index < -0.39 is 0 Å². The largest absolute Gasteiger partial charge is 0.401 e. The second-order valence-corrected chi connectivity index (χ2v) is 4.16. The molecule has 0 radical (unpaired) electrons. The van der Waals surface area contributed by atoms with Gasteiger partial charge in [-0.3, -0.25) is 4.99 Å². The second kappa shape index (κ2) is 5.91. The van der Waals surface area contributed by atoms with Crippen LogP contribution in [0.1, 0.15) is 18.9 Å². The molecule has 0 saturated carbocycles. The topological polar surface area (TPSA) is 64.2 Å². The Kier molecular flexibility index (Phi) is 4.03. The van der Waals surface area contributed by atoms with Gasteiger partial charge in [-0.25, -0.2) is 0 Å². The van der Waals surface area contributed by atoms with Gasteiger partial charge in [0.25, 0.3) is 0 Å². The van der Waals surface area contributed by atoms with Gasteiger partial charge in [0.15, 0.2) is 0 Å². The molecular weight excluding hydrogens is 236 g/mol. The van der Waals surface area contributed by atoms with Crippen LogP contribution in [-0.2, 0) is 0 Å². The molecule has 0 aromatic carbocycles. The molecule has 19 heavy (non-hydrogen) atoms. The lowest BCUT2D eigenvalue weighted by molar-refractivity contribution is 0.978. The molecule has 0 unspecified atom stereocenters. The van der Waals surface area contributed by atoms with Gasteiger partial charge < -0.3 is 5.73 Å². The highest BCUT2D eigenvalue weighted by atomic mass is 15.1. The molecule has 4 heteroatoms. The molecule has 1 aliphatic heterocycles. The fourth-order valence-electron chi connectivity index (χ4n) is 1.77. The minimum Gasteiger partial charge on any atom is -0.401 e. The van der Waals surface area contributed by atoms with Crippen molar-refractivity contribution in [2.75, 3.05) is 0 Å². The monoisotopic (exact) mass is 252 g/mol. The van der Waals surface area contributed by atoms with Crippen LogP contribution in [0.3, 0.4) is 0 Å². The first-order valence-electron chi connectivity index (χ1n) is 6.04. The Morgan fingerprint density at radius 3 is 3.05 bits per heavy atom. The Hall–Kier alpha value is -2.49. The van der Waals surface area contributed by atoms with Crippen molar-refractivity contribution in [3.05, 3.63) is 52.5 Å². The fraction of sp³-hybridized carbons (Fsp3) is 0.133. The summed E-state index contributed by atoms with van der Waals surface area (Å²) in [5.74, 6) is 0. The molecule has 0 saturated heterocycles. The molecule has 2 rings (SSSR count). The molecule has 2 N–H and O–H groups in total. The first kappa shape index (κ1) is 13.0. The summed E-state index contributed by atoms with van der Waals surface area (Å²) in [5, 5.41) is 9.56. The van der Waals surface area contributed by atoms with Crippen LogP contribution in [-0.4, -0.2) is 16.4 Å². The van der Waals surface area contributed by atoms with Crippen molar-refractivity contribution in [3.63, 3.8) is 0 Å². The standard InChI is InChI=1S/C15H16N4/c1-3-4-5-14-11(2)19-18-10-15(14)12-6-7-13(16)9-17-8-12/h3-6,8-10H,2,7,16H2,1H3/b4-3-,14-5+. The smallest absolute Gasteiger partial charge is 0.0864 e. The summed E-state index contributed by atoms with van der Waals surface area (Å²) in [7, 11) is 0.